The van der Waals surface area contributed by atoms with Gasteiger partial charge >= 0.3 is 0 Å². The number of halogens is 1. The van der Waals surface area contributed by atoms with Gasteiger partial charge in [-0.1, -0.05) is 43.6 Å². The molecular weight excluding hydrogens is 234 g/mol. The molecule has 0 saturated heterocycles. The Bertz CT molecular complexity index is 442. The first kappa shape index (κ1) is 12.4. The fourth-order valence-corrected chi connectivity index (χ4v) is 2.31. The number of nitrogens with zero attached hydrogens (tertiary/aromatic N) is 1. The van der Waals surface area contributed by atoms with Gasteiger partial charge in [0, 0.05) is 24.5 Å². The topological polar surface area (TPSA) is 20.3 Å². The summed E-state index contributed by atoms with van der Waals surface area (Å²) in [5, 5.41) is 0.724. The van der Waals surface area contributed by atoms with Crippen molar-refractivity contribution >= 4 is 17.5 Å². The monoisotopic (exact) mass is 251 g/mol. The molecule has 0 bridgehead atoms. The highest BCUT2D eigenvalue weighted by atomic mass is 35.5. The second-order valence-electron chi connectivity index (χ2n) is 5.53. The SMILES string of the molecule is CN(Cc1ccccc1Cl)C(=O)[C@H]1CC1(C)C. The van der Waals surface area contributed by atoms with E-state index >= 15 is 0 Å². The molecule has 0 heterocycles. The fraction of sp³-hybridized carbons (Fsp3) is 0.500. The summed E-state index contributed by atoms with van der Waals surface area (Å²) in [4.78, 5) is 13.9. The summed E-state index contributed by atoms with van der Waals surface area (Å²) in [6.07, 6.45) is 0.999. The van der Waals surface area contributed by atoms with Crippen LogP contribution in [0.25, 0.3) is 0 Å². The van der Waals surface area contributed by atoms with Crippen LogP contribution in [0.4, 0.5) is 0 Å². The Labute approximate surface area is 108 Å². The number of hydrogen-bond donors (Lipinski definition) is 0. The van der Waals surface area contributed by atoms with Gasteiger partial charge < -0.3 is 4.90 Å². The van der Waals surface area contributed by atoms with E-state index in [0.717, 1.165) is 17.0 Å². The van der Waals surface area contributed by atoms with Crippen molar-refractivity contribution in [3.8, 4) is 0 Å². The molecule has 2 rings (SSSR count). The molecule has 0 N–H and O–H groups in total. The van der Waals surface area contributed by atoms with Gasteiger partial charge in [-0.3, -0.25) is 4.79 Å². The molecule has 1 amide bonds. The number of benzene rings is 1. The van der Waals surface area contributed by atoms with Crippen LogP contribution in [0.15, 0.2) is 24.3 Å². The Morgan fingerprint density at radius 1 is 1.47 bits per heavy atom. The van der Waals surface area contributed by atoms with Crippen molar-refractivity contribution in [2.75, 3.05) is 7.05 Å². The van der Waals surface area contributed by atoms with Gasteiger partial charge in [-0.25, -0.2) is 0 Å². The highest BCUT2D eigenvalue weighted by molar-refractivity contribution is 6.31. The summed E-state index contributed by atoms with van der Waals surface area (Å²) < 4.78 is 0. The van der Waals surface area contributed by atoms with E-state index in [4.69, 9.17) is 11.6 Å². The smallest absolute Gasteiger partial charge is 0.226 e. The average molecular weight is 252 g/mol. The molecule has 1 aliphatic rings. The maximum Gasteiger partial charge on any atom is 0.226 e. The predicted molar refractivity (Wildman–Crippen MR) is 69.8 cm³/mol. The molecule has 17 heavy (non-hydrogen) atoms. The Morgan fingerprint density at radius 2 is 2.06 bits per heavy atom. The molecule has 1 aromatic carbocycles. The third kappa shape index (κ3) is 2.63. The minimum absolute atomic E-state index is 0.186. The summed E-state index contributed by atoms with van der Waals surface area (Å²) in [5.41, 5.74) is 1.19. The van der Waals surface area contributed by atoms with Crippen molar-refractivity contribution in [2.24, 2.45) is 11.3 Å². The van der Waals surface area contributed by atoms with Crippen molar-refractivity contribution in [3.63, 3.8) is 0 Å². The lowest BCUT2D eigenvalue weighted by molar-refractivity contribution is -0.132. The quantitative estimate of drug-likeness (QED) is 0.807. The first-order chi connectivity index (χ1) is 7.92. The van der Waals surface area contributed by atoms with Crippen LogP contribution in [0, 0.1) is 11.3 Å². The van der Waals surface area contributed by atoms with Crippen LogP contribution in [0.5, 0.6) is 0 Å². The Balaban J connectivity index is 2.01. The first-order valence-electron chi connectivity index (χ1n) is 5.90. The predicted octanol–water partition coefficient (Wildman–Crippen LogP) is 3.34. The van der Waals surface area contributed by atoms with E-state index in [1.165, 1.54) is 0 Å². The van der Waals surface area contributed by atoms with Gasteiger partial charge in [-0.2, -0.15) is 0 Å². The Morgan fingerprint density at radius 3 is 2.59 bits per heavy atom. The molecule has 92 valence electrons. The van der Waals surface area contributed by atoms with Gasteiger partial charge in [-0.15, -0.1) is 0 Å². The molecule has 1 aromatic rings. The van der Waals surface area contributed by atoms with Crippen LogP contribution in [-0.2, 0) is 11.3 Å². The van der Waals surface area contributed by atoms with Gasteiger partial charge in [0.05, 0.1) is 0 Å². The third-order valence-electron chi connectivity index (χ3n) is 3.55. The number of rotatable bonds is 3. The van der Waals surface area contributed by atoms with Crippen LogP contribution < -0.4 is 0 Å². The number of carbonyl (C=O) groups is 1. The molecule has 2 nitrogen and oxygen atoms in total. The zero-order valence-corrected chi connectivity index (χ0v) is 11.3. The van der Waals surface area contributed by atoms with Crippen LogP contribution in [-0.4, -0.2) is 17.9 Å². The van der Waals surface area contributed by atoms with Crippen LogP contribution in [0.2, 0.25) is 5.02 Å². The van der Waals surface area contributed by atoms with Crippen molar-refractivity contribution in [1.29, 1.82) is 0 Å². The lowest BCUT2D eigenvalue weighted by atomic mass is 10.1. The van der Waals surface area contributed by atoms with Crippen LogP contribution in [0.1, 0.15) is 25.8 Å². The van der Waals surface area contributed by atoms with Gasteiger partial charge in [0.1, 0.15) is 0 Å². The minimum Gasteiger partial charge on any atom is -0.341 e. The van der Waals surface area contributed by atoms with Crippen molar-refractivity contribution in [2.45, 2.75) is 26.8 Å². The van der Waals surface area contributed by atoms with Gasteiger partial charge in [0.2, 0.25) is 5.91 Å². The van der Waals surface area contributed by atoms with Gasteiger partial charge in [-0.05, 0) is 23.5 Å². The molecular formula is C14H18ClNO. The van der Waals surface area contributed by atoms with E-state index in [1.807, 2.05) is 31.3 Å². The van der Waals surface area contributed by atoms with Crippen LogP contribution in [0.3, 0.4) is 0 Å². The molecule has 1 fully saturated rings. The maximum atomic E-state index is 12.1. The molecule has 3 heteroatoms. The largest absolute Gasteiger partial charge is 0.341 e. The van der Waals surface area contributed by atoms with E-state index in [1.54, 1.807) is 4.90 Å². The number of carbonyl (C=O) groups excluding carboxylic acids is 1. The van der Waals surface area contributed by atoms with Crippen molar-refractivity contribution in [1.82, 2.24) is 4.90 Å². The molecule has 1 atom stereocenters. The van der Waals surface area contributed by atoms with E-state index in [0.29, 0.717) is 6.54 Å². The molecule has 0 unspecified atom stereocenters. The van der Waals surface area contributed by atoms with E-state index < -0.39 is 0 Å². The zero-order chi connectivity index (χ0) is 12.6. The van der Waals surface area contributed by atoms with Crippen molar-refractivity contribution < 1.29 is 4.79 Å². The summed E-state index contributed by atoms with van der Waals surface area (Å²) in [6.45, 7) is 4.86. The number of hydrogen-bond acceptors (Lipinski definition) is 1. The van der Waals surface area contributed by atoms with Gasteiger partial charge in [0.15, 0.2) is 0 Å². The van der Waals surface area contributed by atoms with E-state index in [2.05, 4.69) is 13.8 Å². The Hall–Kier alpha value is -1.02. The molecule has 0 radical (unpaired) electrons. The number of amides is 1. The zero-order valence-electron chi connectivity index (χ0n) is 10.5. The molecule has 1 aliphatic carbocycles. The molecule has 0 spiro atoms. The fourth-order valence-electron chi connectivity index (χ4n) is 2.11. The highest BCUT2D eigenvalue weighted by Crippen LogP contribution is 2.52. The minimum atomic E-state index is 0.186. The lowest BCUT2D eigenvalue weighted by Crippen LogP contribution is -2.29. The maximum absolute atomic E-state index is 12.1. The second-order valence-corrected chi connectivity index (χ2v) is 5.94. The second kappa shape index (κ2) is 4.34. The van der Waals surface area contributed by atoms with Crippen LogP contribution >= 0.6 is 11.6 Å². The summed E-state index contributed by atoms with van der Waals surface area (Å²) in [5.74, 6) is 0.421. The standard InChI is InChI=1S/C14H18ClNO/c1-14(2)8-11(14)13(17)16(3)9-10-6-4-5-7-12(10)15/h4-7,11H,8-9H2,1-3H3/t11-/m1/s1. The van der Waals surface area contributed by atoms with Crippen molar-refractivity contribution in [3.05, 3.63) is 34.9 Å². The lowest BCUT2D eigenvalue weighted by Gasteiger charge is -2.19. The van der Waals surface area contributed by atoms with Gasteiger partial charge in [0.25, 0.3) is 0 Å². The molecule has 0 aromatic heterocycles. The Kier molecular flexibility index (Phi) is 3.17. The molecule has 0 aliphatic heterocycles. The van der Waals surface area contributed by atoms with E-state index in [9.17, 15) is 4.79 Å². The normalized spacial score (nSPS) is 21.1. The molecule has 1 saturated carbocycles. The summed E-state index contributed by atoms with van der Waals surface area (Å²) in [6, 6.07) is 7.67. The highest BCUT2D eigenvalue weighted by Gasteiger charge is 2.51. The first-order valence-corrected chi connectivity index (χ1v) is 6.28. The summed E-state index contributed by atoms with van der Waals surface area (Å²) >= 11 is 6.09. The average Bonchev–Trinajstić information content (AvgIpc) is 2.90. The summed E-state index contributed by atoms with van der Waals surface area (Å²) in [7, 11) is 1.85. The van der Waals surface area contributed by atoms with E-state index in [-0.39, 0.29) is 17.2 Å². The third-order valence-corrected chi connectivity index (χ3v) is 3.92.